The number of amides is 1. The molecule has 0 aromatic heterocycles. The van der Waals surface area contributed by atoms with Gasteiger partial charge in [-0.3, -0.25) is 15.6 Å². The molecule has 1 amide bonds. The molecule has 0 aliphatic rings. The molecule has 17 heavy (non-hydrogen) atoms. The Balaban J connectivity index is 0.00000256. The molecular formula is C12H20ClN3O. The summed E-state index contributed by atoms with van der Waals surface area (Å²) in [6.45, 7) is 3.50. The summed E-state index contributed by atoms with van der Waals surface area (Å²) in [5.74, 6) is -0.00465. The molecule has 0 atom stereocenters. The molecule has 3 N–H and O–H groups in total. The Labute approximate surface area is 109 Å². The van der Waals surface area contributed by atoms with E-state index in [9.17, 15) is 4.79 Å². The van der Waals surface area contributed by atoms with E-state index in [4.69, 9.17) is 0 Å². The topological polar surface area (TPSA) is 53.2 Å². The summed E-state index contributed by atoms with van der Waals surface area (Å²) in [6, 6.07) is 7.59. The summed E-state index contributed by atoms with van der Waals surface area (Å²) in [7, 11) is 1.83. The van der Waals surface area contributed by atoms with Crippen molar-refractivity contribution in [2.75, 3.05) is 13.6 Å². The highest BCUT2D eigenvalue weighted by atomic mass is 35.5. The molecule has 96 valence electrons. The molecule has 0 bridgehead atoms. The predicted octanol–water partition coefficient (Wildman–Crippen LogP) is 1.47. The first kappa shape index (κ1) is 15.9. The van der Waals surface area contributed by atoms with Gasteiger partial charge in [-0.25, -0.2) is 0 Å². The smallest absolute Gasteiger partial charge is 0.251 e. The second kappa shape index (κ2) is 8.98. The minimum absolute atomic E-state index is 0. The molecule has 0 radical (unpaired) electrons. The second-order valence-corrected chi connectivity index (χ2v) is 3.56. The van der Waals surface area contributed by atoms with Crippen molar-refractivity contribution in [2.45, 2.75) is 19.9 Å². The average Bonchev–Trinajstić information content (AvgIpc) is 2.34. The van der Waals surface area contributed by atoms with Gasteiger partial charge < -0.3 is 5.32 Å². The van der Waals surface area contributed by atoms with Gasteiger partial charge in [0.2, 0.25) is 0 Å². The monoisotopic (exact) mass is 257 g/mol. The number of hydrogen-bond acceptors (Lipinski definition) is 3. The van der Waals surface area contributed by atoms with Crippen LogP contribution in [-0.4, -0.2) is 19.5 Å². The lowest BCUT2D eigenvalue weighted by Crippen LogP contribution is -2.26. The number of hydrogen-bond donors (Lipinski definition) is 3. The van der Waals surface area contributed by atoms with E-state index in [1.807, 2.05) is 38.2 Å². The fourth-order valence-electron chi connectivity index (χ4n) is 1.31. The van der Waals surface area contributed by atoms with E-state index in [2.05, 4.69) is 16.2 Å². The fraction of sp³-hybridized carbons (Fsp3) is 0.417. The highest BCUT2D eigenvalue weighted by Gasteiger charge is 2.03. The summed E-state index contributed by atoms with van der Waals surface area (Å²) in [5.41, 5.74) is 7.70. The van der Waals surface area contributed by atoms with Crippen LogP contribution in [0.5, 0.6) is 0 Å². The molecule has 4 nitrogen and oxygen atoms in total. The Morgan fingerprint density at radius 1 is 1.24 bits per heavy atom. The van der Waals surface area contributed by atoms with Crippen LogP contribution in [0.1, 0.15) is 29.3 Å². The largest absolute Gasteiger partial charge is 0.352 e. The van der Waals surface area contributed by atoms with E-state index >= 15 is 0 Å². The SMILES string of the molecule is CCCNC(=O)c1ccc(CNNC)cc1.Cl. The maximum absolute atomic E-state index is 11.6. The van der Waals surface area contributed by atoms with Crippen LogP contribution in [0.25, 0.3) is 0 Å². The summed E-state index contributed by atoms with van der Waals surface area (Å²) in [4.78, 5) is 11.6. The number of hydrazine groups is 1. The van der Waals surface area contributed by atoms with Crippen LogP contribution in [0, 0.1) is 0 Å². The van der Waals surface area contributed by atoms with Gasteiger partial charge in [0.1, 0.15) is 0 Å². The summed E-state index contributed by atoms with van der Waals surface area (Å²) < 4.78 is 0. The van der Waals surface area contributed by atoms with Gasteiger partial charge in [0.05, 0.1) is 0 Å². The van der Waals surface area contributed by atoms with E-state index in [1.165, 1.54) is 0 Å². The van der Waals surface area contributed by atoms with Crippen molar-refractivity contribution in [1.29, 1.82) is 0 Å². The maximum atomic E-state index is 11.6. The Kier molecular flexibility index (Phi) is 8.40. The van der Waals surface area contributed by atoms with Crippen molar-refractivity contribution in [3.8, 4) is 0 Å². The van der Waals surface area contributed by atoms with Gasteiger partial charge in [0.25, 0.3) is 5.91 Å². The molecule has 0 saturated heterocycles. The van der Waals surface area contributed by atoms with E-state index < -0.39 is 0 Å². The van der Waals surface area contributed by atoms with Crippen molar-refractivity contribution in [1.82, 2.24) is 16.2 Å². The minimum atomic E-state index is -0.00465. The lowest BCUT2D eigenvalue weighted by atomic mass is 10.1. The van der Waals surface area contributed by atoms with Crippen LogP contribution in [0.4, 0.5) is 0 Å². The van der Waals surface area contributed by atoms with Crippen LogP contribution in [0.2, 0.25) is 0 Å². The van der Waals surface area contributed by atoms with E-state index in [1.54, 1.807) is 0 Å². The molecule has 0 heterocycles. The Morgan fingerprint density at radius 2 is 1.88 bits per heavy atom. The number of halogens is 1. The van der Waals surface area contributed by atoms with Gasteiger partial charge in [-0.15, -0.1) is 12.4 Å². The average molecular weight is 258 g/mol. The normalized spacial score (nSPS) is 9.53. The molecule has 0 fully saturated rings. The van der Waals surface area contributed by atoms with E-state index in [-0.39, 0.29) is 18.3 Å². The zero-order chi connectivity index (χ0) is 11.8. The quantitative estimate of drug-likeness (QED) is 0.677. The third-order valence-corrected chi connectivity index (χ3v) is 2.22. The third kappa shape index (κ3) is 5.68. The minimum Gasteiger partial charge on any atom is -0.352 e. The molecule has 0 unspecified atom stereocenters. The Bertz CT molecular complexity index is 327. The molecule has 0 aliphatic heterocycles. The number of rotatable bonds is 6. The van der Waals surface area contributed by atoms with E-state index in [0.717, 1.165) is 25.1 Å². The van der Waals surface area contributed by atoms with Gasteiger partial charge >= 0.3 is 0 Å². The summed E-state index contributed by atoms with van der Waals surface area (Å²) >= 11 is 0. The molecule has 1 rings (SSSR count). The Hall–Kier alpha value is -1.10. The molecule has 0 saturated carbocycles. The number of benzene rings is 1. The summed E-state index contributed by atoms with van der Waals surface area (Å²) in [5, 5.41) is 2.84. The van der Waals surface area contributed by atoms with Crippen molar-refractivity contribution < 1.29 is 4.79 Å². The highest BCUT2D eigenvalue weighted by Crippen LogP contribution is 2.04. The molecule has 0 spiro atoms. The highest BCUT2D eigenvalue weighted by molar-refractivity contribution is 5.94. The van der Waals surface area contributed by atoms with Crippen LogP contribution >= 0.6 is 12.4 Å². The first-order valence-corrected chi connectivity index (χ1v) is 5.54. The third-order valence-electron chi connectivity index (χ3n) is 2.22. The van der Waals surface area contributed by atoms with Crippen LogP contribution < -0.4 is 16.2 Å². The fourth-order valence-corrected chi connectivity index (χ4v) is 1.31. The zero-order valence-corrected chi connectivity index (χ0v) is 11.1. The standard InChI is InChI=1S/C12H19N3O.ClH/c1-3-8-14-12(16)11-6-4-10(5-7-11)9-15-13-2;/h4-7,13,15H,3,8-9H2,1-2H3,(H,14,16);1H. The van der Waals surface area contributed by atoms with Gasteiger partial charge in [0.15, 0.2) is 0 Å². The number of nitrogens with one attached hydrogen (secondary N) is 3. The maximum Gasteiger partial charge on any atom is 0.251 e. The number of carbonyl (C=O) groups excluding carboxylic acids is 1. The van der Waals surface area contributed by atoms with Gasteiger partial charge in [-0.2, -0.15) is 0 Å². The Morgan fingerprint density at radius 3 is 2.41 bits per heavy atom. The van der Waals surface area contributed by atoms with Crippen LogP contribution in [0.15, 0.2) is 24.3 Å². The lowest BCUT2D eigenvalue weighted by molar-refractivity contribution is 0.0953. The van der Waals surface area contributed by atoms with Crippen LogP contribution in [-0.2, 0) is 6.54 Å². The first-order valence-electron chi connectivity index (χ1n) is 5.54. The van der Waals surface area contributed by atoms with Crippen molar-refractivity contribution >= 4 is 18.3 Å². The van der Waals surface area contributed by atoms with Crippen molar-refractivity contribution in [3.05, 3.63) is 35.4 Å². The van der Waals surface area contributed by atoms with Gasteiger partial charge in [-0.1, -0.05) is 19.1 Å². The van der Waals surface area contributed by atoms with Crippen molar-refractivity contribution in [3.63, 3.8) is 0 Å². The number of carbonyl (C=O) groups is 1. The van der Waals surface area contributed by atoms with Crippen molar-refractivity contribution in [2.24, 2.45) is 0 Å². The van der Waals surface area contributed by atoms with Gasteiger partial charge in [-0.05, 0) is 31.2 Å². The van der Waals surface area contributed by atoms with E-state index in [0.29, 0.717) is 5.56 Å². The predicted molar refractivity (Wildman–Crippen MR) is 72.2 cm³/mol. The van der Waals surface area contributed by atoms with Crippen LogP contribution in [0.3, 0.4) is 0 Å². The molecular weight excluding hydrogens is 238 g/mol. The first-order chi connectivity index (χ1) is 7.77. The summed E-state index contributed by atoms with van der Waals surface area (Å²) in [6.07, 6.45) is 0.954. The van der Waals surface area contributed by atoms with Gasteiger partial charge in [0, 0.05) is 18.7 Å². The second-order valence-electron chi connectivity index (χ2n) is 3.56. The zero-order valence-electron chi connectivity index (χ0n) is 10.2. The molecule has 1 aromatic carbocycles. The molecule has 1 aromatic rings. The molecule has 5 heteroatoms. The lowest BCUT2D eigenvalue weighted by Gasteiger charge is -2.05. The molecule has 0 aliphatic carbocycles.